The van der Waals surface area contributed by atoms with Gasteiger partial charge in [0.05, 0.1) is 10.5 Å². The Bertz CT molecular complexity index is 857. The number of hydrogen-bond acceptors (Lipinski definition) is 5. The van der Waals surface area contributed by atoms with Gasteiger partial charge in [0.15, 0.2) is 5.88 Å². The number of primary sulfonamides is 1. The molecule has 0 radical (unpaired) electrons. The van der Waals surface area contributed by atoms with Gasteiger partial charge in [-0.05, 0) is 18.2 Å². The molecule has 1 heterocycles. The highest BCUT2D eigenvalue weighted by Gasteiger charge is 2.11. The van der Waals surface area contributed by atoms with E-state index in [-0.39, 0.29) is 16.1 Å². The summed E-state index contributed by atoms with van der Waals surface area (Å²) >= 11 is 0. The highest BCUT2D eigenvalue weighted by atomic mass is 32.2. The molecule has 0 saturated carbocycles. The van der Waals surface area contributed by atoms with Crippen LogP contribution in [-0.2, 0) is 10.0 Å². The Kier molecular flexibility index (Phi) is 3.78. The van der Waals surface area contributed by atoms with E-state index in [2.05, 4.69) is 10.3 Å². The second-order valence-electron chi connectivity index (χ2n) is 4.15. The van der Waals surface area contributed by atoms with Gasteiger partial charge in [-0.15, -0.1) is 0 Å². The molecule has 0 fully saturated rings. The zero-order valence-corrected chi connectivity index (χ0v) is 11.3. The number of benzene rings is 1. The van der Waals surface area contributed by atoms with Crippen molar-refractivity contribution in [3.63, 3.8) is 0 Å². The minimum Gasteiger partial charge on any atom is -0.494 e. The molecule has 0 aliphatic carbocycles. The van der Waals surface area contributed by atoms with E-state index >= 15 is 0 Å². The molecule has 21 heavy (non-hydrogen) atoms. The van der Waals surface area contributed by atoms with E-state index in [4.69, 9.17) is 5.14 Å². The van der Waals surface area contributed by atoms with E-state index in [1.807, 2.05) is 0 Å². The number of carbonyl (C=O) groups excluding carboxylic acids is 1. The second-order valence-corrected chi connectivity index (χ2v) is 5.71. The van der Waals surface area contributed by atoms with Crippen molar-refractivity contribution in [3.8, 4) is 5.88 Å². The van der Waals surface area contributed by atoms with Crippen molar-refractivity contribution in [3.05, 3.63) is 52.3 Å². The van der Waals surface area contributed by atoms with Gasteiger partial charge >= 0.3 is 0 Å². The number of rotatable bonds is 3. The molecule has 0 atom stereocenters. The van der Waals surface area contributed by atoms with Crippen molar-refractivity contribution in [2.24, 2.45) is 5.14 Å². The van der Waals surface area contributed by atoms with Gasteiger partial charge in [-0.1, -0.05) is 6.07 Å². The van der Waals surface area contributed by atoms with Crippen LogP contribution in [0.3, 0.4) is 0 Å². The standard InChI is InChI=1S/C12H11N3O5S/c13-21(19,20)9-3-1-2-8(6-9)14-12(18)7-4-10(16)15-11(17)5-7/h1-6H,(H,14,18)(H2,13,19,20)(H2,15,16,17). The minimum absolute atomic E-state index is 0.0720. The third-order valence-corrected chi connectivity index (χ3v) is 3.42. The Labute approximate surface area is 119 Å². The zero-order chi connectivity index (χ0) is 15.6. The molecule has 8 nitrogen and oxygen atoms in total. The molecule has 0 aliphatic rings. The molecule has 1 aromatic heterocycles. The molecule has 1 aromatic carbocycles. The number of aromatic nitrogens is 1. The molecule has 9 heteroatoms. The summed E-state index contributed by atoms with van der Waals surface area (Å²) in [5, 5.41) is 16.6. The van der Waals surface area contributed by atoms with E-state index < -0.39 is 27.4 Å². The van der Waals surface area contributed by atoms with Crippen LogP contribution in [0.15, 0.2) is 46.1 Å². The number of pyridine rings is 1. The topological polar surface area (TPSA) is 142 Å². The number of sulfonamides is 1. The average molecular weight is 309 g/mol. The largest absolute Gasteiger partial charge is 0.494 e. The van der Waals surface area contributed by atoms with E-state index in [1.165, 1.54) is 24.3 Å². The third kappa shape index (κ3) is 3.68. The molecule has 1 amide bonds. The summed E-state index contributed by atoms with van der Waals surface area (Å²) in [5.41, 5.74) is -0.526. The van der Waals surface area contributed by atoms with Crippen molar-refractivity contribution in [1.29, 1.82) is 0 Å². The van der Waals surface area contributed by atoms with Gasteiger partial charge < -0.3 is 10.4 Å². The first-order chi connectivity index (χ1) is 9.75. The smallest absolute Gasteiger partial charge is 0.256 e. The number of H-pyrrole nitrogens is 1. The lowest BCUT2D eigenvalue weighted by Gasteiger charge is -2.06. The maximum Gasteiger partial charge on any atom is 0.256 e. The number of carbonyl (C=O) groups is 1. The number of hydrogen-bond donors (Lipinski definition) is 4. The second kappa shape index (κ2) is 5.38. The van der Waals surface area contributed by atoms with E-state index in [0.29, 0.717) is 0 Å². The van der Waals surface area contributed by atoms with Crippen LogP contribution in [0.4, 0.5) is 5.69 Å². The van der Waals surface area contributed by atoms with Gasteiger partial charge in [-0.2, -0.15) is 0 Å². The Morgan fingerprint density at radius 2 is 1.95 bits per heavy atom. The van der Waals surface area contributed by atoms with Crippen molar-refractivity contribution in [2.45, 2.75) is 4.90 Å². The Hall–Kier alpha value is -2.65. The normalized spacial score (nSPS) is 11.1. The van der Waals surface area contributed by atoms with Gasteiger partial charge in [0, 0.05) is 17.8 Å². The summed E-state index contributed by atoms with van der Waals surface area (Å²) in [6.45, 7) is 0. The van der Waals surface area contributed by atoms with Crippen molar-refractivity contribution >= 4 is 21.6 Å². The number of anilines is 1. The zero-order valence-electron chi connectivity index (χ0n) is 10.5. The van der Waals surface area contributed by atoms with Crippen molar-refractivity contribution in [2.75, 3.05) is 5.32 Å². The van der Waals surface area contributed by atoms with E-state index in [1.54, 1.807) is 0 Å². The van der Waals surface area contributed by atoms with Crippen LogP contribution in [0.2, 0.25) is 0 Å². The molecule has 0 bridgehead atoms. The summed E-state index contributed by atoms with van der Waals surface area (Å²) < 4.78 is 22.4. The number of amides is 1. The van der Waals surface area contributed by atoms with Crippen LogP contribution >= 0.6 is 0 Å². The lowest BCUT2D eigenvalue weighted by Crippen LogP contribution is -2.17. The molecule has 0 saturated heterocycles. The SMILES string of the molecule is NS(=O)(=O)c1cccc(NC(=O)c2cc(O)[nH]c(=O)c2)c1. The lowest BCUT2D eigenvalue weighted by molar-refractivity contribution is 0.102. The Morgan fingerprint density at radius 3 is 2.57 bits per heavy atom. The van der Waals surface area contributed by atoms with Gasteiger partial charge in [-0.25, -0.2) is 13.6 Å². The fourth-order valence-corrected chi connectivity index (χ4v) is 2.17. The highest BCUT2D eigenvalue weighted by molar-refractivity contribution is 7.89. The number of aromatic hydroxyl groups is 1. The van der Waals surface area contributed by atoms with Crippen LogP contribution in [0, 0.1) is 0 Å². The predicted molar refractivity (Wildman–Crippen MR) is 74.5 cm³/mol. The number of aromatic amines is 1. The molecule has 2 aromatic rings. The molecule has 2 rings (SSSR count). The van der Waals surface area contributed by atoms with Gasteiger partial charge in [-0.3, -0.25) is 14.6 Å². The van der Waals surface area contributed by atoms with Crippen LogP contribution < -0.4 is 16.0 Å². The lowest BCUT2D eigenvalue weighted by atomic mass is 10.2. The van der Waals surface area contributed by atoms with Crippen LogP contribution in [-0.4, -0.2) is 24.4 Å². The summed E-state index contributed by atoms with van der Waals surface area (Å²) in [4.78, 5) is 25.0. The Balaban J connectivity index is 2.30. The minimum atomic E-state index is -3.89. The Morgan fingerprint density at radius 1 is 1.24 bits per heavy atom. The molecule has 110 valence electrons. The predicted octanol–water partition coefficient (Wildman–Crippen LogP) is -0.0198. The van der Waals surface area contributed by atoms with E-state index in [9.17, 15) is 23.1 Å². The molecule has 5 N–H and O–H groups in total. The first-order valence-corrected chi connectivity index (χ1v) is 7.18. The van der Waals surface area contributed by atoms with Crippen LogP contribution in [0.1, 0.15) is 10.4 Å². The van der Waals surface area contributed by atoms with Gasteiger partial charge in [0.25, 0.3) is 11.5 Å². The van der Waals surface area contributed by atoms with E-state index in [0.717, 1.165) is 12.1 Å². The number of nitrogens with two attached hydrogens (primary N) is 1. The molecule has 0 unspecified atom stereocenters. The average Bonchev–Trinajstić information content (AvgIpc) is 2.37. The van der Waals surface area contributed by atoms with Crippen molar-refractivity contribution < 1.29 is 18.3 Å². The molecular formula is C12H11N3O5S. The quantitative estimate of drug-likeness (QED) is 0.630. The number of nitrogens with one attached hydrogen (secondary N) is 2. The highest BCUT2D eigenvalue weighted by Crippen LogP contribution is 2.15. The first kappa shape index (κ1) is 14.8. The monoisotopic (exact) mass is 309 g/mol. The fraction of sp³-hybridized carbons (Fsp3) is 0. The van der Waals surface area contributed by atoms with Gasteiger partial charge in [0.1, 0.15) is 0 Å². The molecular weight excluding hydrogens is 298 g/mol. The maximum absolute atomic E-state index is 11.9. The first-order valence-electron chi connectivity index (χ1n) is 5.63. The summed E-state index contributed by atoms with van der Waals surface area (Å²) in [5.74, 6) is -1.13. The van der Waals surface area contributed by atoms with Crippen LogP contribution in [0.25, 0.3) is 0 Å². The summed E-state index contributed by atoms with van der Waals surface area (Å²) in [6, 6.07) is 7.40. The maximum atomic E-state index is 11.9. The summed E-state index contributed by atoms with van der Waals surface area (Å²) in [6.07, 6.45) is 0. The van der Waals surface area contributed by atoms with Crippen molar-refractivity contribution in [1.82, 2.24) is 4.98 Å². The third-order valence-electron chi connectivity index (χ3n) is 2.51. The fourth-order valence-electron chi connectivity index (χ4n) is 1.61. The summed E-state index contributed by atoms with van der Waals surface area (Å²) in [7, 11) is -3.89. The molecule has 0 spiro atoms. The molecule has 0 aliphatic heterocycles. The van der Waals surface area contributed by atoms with Crippen LogP contribution in [0.5, 0.6) is 5.88 Å². The van der Waals surface area contributed by atoms with Gasteiger partial charge in [0.2, 0.25) is 10.0 Å².